The van der Waals surface area contributed by atoms with Gasteiger partial charge < -0.3 is 10.6 Å². The van der Waals surface area contributed by atoms with E-state index in [1.807, 2.05) is 18.2 Å². The molecule has 2 heterocycles. The maximum absolute atomic E-state index is 12.6. The molecular weight excluding hydrogens is 358 g/mol. The van der Waals surface area contributed by atoms with E-state index in [0.29, 0.717) is 17.4 Å². The van der Waals surface area contributed by atoms with Crippen molar-refractivity contribution in [2.24, 2.45) is 11.8 Å². The number of carbonyl (C=O) groups excluding carboxylic acids is 1. The molecule has 1 aliphatic rings. The van der Waals surface area contributed by atoms with Gasteiger partial charge in [-0.1, -0.05) is 37.6 Å². The minimum atomic E-state index is 0.100. The second kappa shape index (κ2) is 9.34. The van der Waals surface area contributed by atoms with Gasteiger partial charge in [0.25, 0.3) is 0 Å². The summed E-state index contributed by atoms with van der Waals surface area (Å²) in [5.74, 6) is 0.934. The molecule has 1 fully saturated rings. The highest BCUT2D eigenvalue weighted by Gasteiger charge is 2.21. The number of aromatic nitrogens is 1. The number of pyridine rings is 1. The summed E-state index contributed by atoms with van der Waals surface area (Å²) in [6.45, 7) is 7.07. The molecule has 0 unspecified atom stereocenters. The molecule has 0 amide bonds. The van der Waals surface area contributed by atoms with Crippen LogP contribution in [-0.2, 0) is 11.2 Å². The molecular formula is C22H28ClN3O. The summed E-state index contributed by atoms with van der Waals surface area (Å²) in [6, 6.07) is 10.2. The fourth-order valence-corrected chi connectivity index (χ4v) is 3.58. The summed E-state index contributed by atoms with van der Waals surface area (Å²) in [6.07, 6.45) is 4.05. The average molecular weight is 386 g/mol. The maximum atomic E-state index is 12.6. The Bertz CT molecular complexity index is 785. The van der Waals surface area contributed by atoms with E-state index in [1.54, 1.807) is 6.20 Å². The van der Waals surface area contributed by atoms with E-state index in [2.05, 4.69) is 41.6 Å². The van der Waals surface area contributed by atoms with Crippen LogP contribution in [0.4, 0.5) is 5.69 Å². The Morgan fingerprint density at radius 3 is 2.96 bits per heavy atom. The topological polar surface area (TPSA) is 54.0 Å². The molecule has 1 saturated heterocycles. The van der Waals surface area contributed by atoms with Gasteiger partial charge >= 0.3 is 0 Å². The van der Waals surface area contributed by atoms with Gasteiger partial charge in [0.1, 0.15) is 5.78 Å². The van der Waals surface area contributed by atoms with E-state index in [0.717, 1.165) is 55.0 Å². The Hall–Kier alpha value is -1.91. The number of piperidine rings is 1. The Kier molecular flexibility index (Phi) is 6.86. The number of halogens is 1. The van der Waals surface area contributed by atoms with E-state index in [-0.39, 0.29) is 11.7 Å². The van der Waals surface area contributed by atoms with Gasteiger partial charge in [0.2, 0.25) is 0 Å². The second-order valence-corrected chi connectivity index (χ2v) is 8.10. The number of nitrogens with zero attached hydrogens (tertiary/aromatic N) is 1. The second-order valence-electron chi connectivity index (χ2n) is 7.70. The van der Waals surface area contributed by atoms with Crippen LogP contribution in [-0.4, -0.2) is 30.4 Å². The lowest BCUT2D eigenvalue weighted by Crippen LogP contribution is -2.35. The van der Waals surface area contributed by atoms with Crippen molar-refractivity contribution in [3.63, 3.8) is 0 Å². The van der Waals surface area contributed by atoms with E-state index < -0.39 is 0 Å². The molecule has 0 saturated carbocycles. The smallest absolute Gasteiger partial charge is 0.143 e. The number of carbonyl (C=O) groups is 1. The molecule has 3 rings (SSSR count). The van der Waals surface area contributed by atoms with Crippen molar-refractivity contribution < 1.29 is 4.79 Å². The van der Waals surface area contributed by atoms with Crippen LogP contribution in [0.25, 0.3) is 11.1 Å². The lowest BCUT2D eigenvalue weighted by Gasteiger charge is -2.21. The van der Waals surface area contributed by atoms with Crippen molar-refractivity contribution in [2.75, 3.05) is 25.0 Å². The van der Waals surface area contributed by atoms with Crippen LogP contribution in [0.15, 0.2) is 36.5 Å². The summed E-state index contributed by atoms with van der Waals surface area (Å²) in [5, 5.41) is 7.35. The molecule has 0 spiro atoms. The summed E-state index contributed by atoms with van der Waals surface area (Å²) in [7, 11) is 0. The summed E-state index contributed by atoms with van der Waals surface area (Å²) in [4.78, 5) is 17.0. The molecule has 144 valence electrons. The van der Waals surface area contributed by atoms with Crippen molar-refractivity contribution >= 4 is 23.1 Å². The zero-order chi connectivity index (χ0) is 19.2. The van der Waals surface area contributed by atoms with Gasteiger partial charge in [0, 0.05) is 48.6 Å². The van der Waals surface area contributed by atoms with Gasteiger partial charge in [-0.05, 0) is 49.1 Å². The number of anilines is 1. The van der Waals surface area contributed by atoms with Crippen LogP contribution in [0.1, 0.15) is 32.4 Å². The number of nitrogens with one attached hydrogen (secondary N) is 2. The number of hydrogen-bond donors (Lipinski definition) is 2. The van der Waals surface area contributed by atoms with Crippen LogP contribution in [0, 0.1) is 11.8 Å². The molecule has 5 heteroatoms. The predicted octanol–water partition coefficient (Wildman–Crippen LogP) is 4.58. The zero-order valence-electron chi connectivity index (χ0n) is 16.1. The highest BCUT2D eigenvalue weighted by atomic mass is 35.5. The van der Waals surface area contributed by atoms with E-state index in [4.69, 9.17) is 11.6 Å². The fourth-order valence-electron chi connectivity index (χ4n) is 3.37. The van der Waals surface area contributed by atoms with Crippen molar-refractivity contribution in [3.8, 4) is 11.1 Å². The maximum Gasteiger partial charge on any atom is 0.143 e. The third-order valence-corrected chi connectivity index (χ3v) is 5.21. The van der Waals surface area contributed by atoms with E-state index >= 15 is 0 Å². The first kappa shape index (κ1) is 19.8. The lowest BCUT2D eigenvalue weighted by atomic mass is 9.92. The Morgan fingerprint density at radius 2 is 2.22 bits per heavy atom. The number of benzene rings is 1. The molecule has 2 aromatic rings. The molecule has 0 bridgehead atoms. The van der Waals surface area contributed by atoms with Crippen LogP contribution < -0.4 is 10.6 Å². The van der Waals surface area contributed by atoms with Gasteiger partial charge in [-0.15, -0.1) is 0 Å². The third-order valence-electron chi connectivity index (χ3n) is 4.91. The Balaban J connectivity index is 1.77. The summed E-state index contributed by atoms with van der Waals surface area (Å²) in [5.41, 5.74) is 3.80. The quantitative estimate of drug-likeness (QED) is 0.732. The van der Waals surface area contributed by atoms with Crippen LogP contribution >= 0.6 is 11.6 Å². The van der Waals surface area contributed by atoms with Crippen LogP contribution in [0.3, 0.4) is 0 Å². The van der Waals surface area contributed by atoms with Crippen molar-refractivity contribution in [3.05, 3.63) is 47.2 Å². The van der Waals surface area contributed by atoms with Gasteiger partial charge in [0.15, 0.2) is 0 Å². The van der Waals surface area contributed by atoms with Gasteiger partial charge in [-0.3, -0.25) is 9.78 Å². The molecule has 1 atom stereocenters. The number of rotatable bonds is 7. The SMILES string of the molecule is CC(C)CNc1cccc(-c2cc(CC(=O)[C@@H]3CCCNC3)ncc2Cl)c1. The molecule has 1 aromatic carbocycles. The molecule has 1 aliphatic heterocycles. The molecule has 27 heavy (non-hydrogen) atoms. The molecule has 4 nitrogen and oxygen atoms in total. The van der Waals surface area contributed by atoms with Crippen LogP contribution in [0.5, 0.6) is 0 Å². The number of ketones is 1. The summed E-state index contributed by atoms with van der Waals surface area (Å²) >= 11 is 6.42. The first-order valence-electron chi connectivity index (χ1n) is 9.75. The number of Topliss-reactive ketones (excluding diaryl/α,β-unsaturated/α-hetero) is 1. The van der Waals surface area contributed by atoms with Crippen molar-refractivity contribution in [2.45, 2.75) is 33.1 Å². The summed E-state index contributed by atoms with van der Waals surface area (Å²) < 4.78 is 0. The highest BCUT2D eigenvalue weighted by Crippen LogP contribution is 2.30. The third kappa shape index (κ3) is 5.53. The van der Waals surface area contributed by atoms with Gasteiger partial charge in [-0.25, -0.2) is 0 Å². The molecule has 0 aliphatic carbocycles. The number of hydrogen-bond acceptors (Lipinski definition) is 4. The molecule has 1 aromatic heterocycles. The minimum Gasteiger partial charge on any atom is -0.385 e. The van der Waals surface area contributed by atoms with Crippen molar-refractivity contribution in [1.29, 1.82) is 0 Å². The van der Waals surface area contributed by atoms with Gasteiger partial charge in [0.05, 0.1) is 5.02 Å². The molecule has 2 N–H and O–H groups in total. The zero-order valence-corrected chi connectivity index (χ0v) is 16.9. The van der Waals surface area contributed by atoms with Crippen molar-refractivity contribution in [1.82, 2.24) is 10.3 Å². The minimum absolute atomic E-state index is 0.100. The lowest BCUT2D eigenvalue weighted by molar-refractivity contribution is -0.122. The van der Waals surface area contributed by atoms with Gasteiger partial charge in [-0.2, -0.15) is 0 Å². The fraction of sp³-hybridized carbons (Fsp3) is 0.455. The Labute approximate surface area is 166 Å². The first-order valence-corrected chi connectivity index (χ1v) is 10.1. The van der Waals surface area contributed by atoms with E-state index in [1.165, 1.54) is 0 Å². The predicted molar refractivity (Wildman–Crippen MR) is 112 cm³/mol. The van der Waals surface area contributed by atoms with Crippen LogP contribution in [0.2, 0.25) is 5.02 Å². The largest absolute Gasteiger partial charge is 0.385 e. The first-order chi connectivity index (χ1) is 13.0. The highest BCUT2D eigenvalue weighted by molar-refractivity contribution is 6.33. The standard InChI is InChI=1S/C22H28ClN3O/c1-15(2)12-25-18-7-3-5-16(9-18)20-10-19(26-14-21(20)23)11-22(27)17-6-4-8-24-13-17/h3,5,7,9-10,14-15,17,24-25H,4,6,8,11-13H2,1-2H3/t17-/m1/s1. The average Bonchev–Trinajstić information content (AvgIpc) is 2.68. The van der Waals surface area contributed by atoms with E-state index in [9.17, 15) is 4.79 Å². The molecule has 0 radical (unpaired) electrons. The Morgan fingerprint density at radius 1 is 1.37 bits per heavy atom. The normalized spacial score (nSPS) is 17.1. The monoisotopic (exact) mass is 385 g/mol.